The van der Waals surface area contributed by atoms with Crippen LogP contribution >= 0.6 is 0 Å². The van der Waals surface area contributed by atoms with Crippen molar-refractivity contribution >= 4 is 15.9 Å². The van der Waals surface area contributed by atoms with Gasteiger partial charge in [0.05, 0.1) is 24.2 Å². The molecule has 2 N–H and O–H groups in total. The van der Waals surface area contributed by atoms with E-state index in [-0.39, 0.29) is 23.8 Å². The van der Waals surface area contributed by atoms with Gasteiger partial charge in [-0.05, 0) is 43.7 Å². The lowest BCUT2D eigenvalue weighted by molar-refractivity contribution is 0.0372. The van der Waals surface area contributed by atoms with Crippen LogP contribution in [-0.2, 0) is 14.8 Å². The molecule has 0 spiro atoms. The number of hydrogen-bond acceptors (Lipinski definition) is 6. The van der Waals surface area contributed by atoms with Crippen LogP contribution in [0.2, 0.25) is 0 Å². The number of benzene rings is 1. The molecule has 9 heteroatoms. The summed E-state index contributed by atoms with van der Waals surface area (Å²) in [6.45, 7) is 5.15. The van der Waals surface area contributed by atoms with Crippen molar-refractivity contribution in [1.82, 2.24) is 14.9 Å². The van der Waals surface area contributed by atoms with Crippen molar-refractivity contribution in [2.45, 2.75) is 24.2 Å². The van der Waals surface area contributed by atoms with Crippen LogP contribution in [0.25, 0.3) is 0 Å². The van der Waals surface area contributed by atoms with Crippen LogP contribution in [0.1, 0.15) is 29.6 Å². The molecule has 0 aromatic heterocycles. The smallest absolute Gasteiger partial charge is 0.251 e. The van der Waals surface area contributed by atoms with Gasteiger partial charge in [-0.25, -0.2) is 13.1 Å². The zero-order valence-corrected chi connectivity index (χ0v) is 16.1. The van der Waals surface area contributed by atoms with E-state index in [9.17, 15) is 13.2 Å². The van der Waals surface area contributed by atoms with Crippen LogP contribution in [0.5, 0.6) is 0 Å². The summed E-state index contributed by atoms with van der Waals surface area (Å²) in [5, 5.41) is 11.3. The summed E-state index contributed by atoms with van der Waals surface area (Å²) in [5.74, 6) is -0.220. The molecule has 1 heterocycles. The van der Waals surface area contributed by atoms with E-state index in [0.717, 1.165) is 45.7 Å². The number of rotatable bonds is 10. The summed E-state index contributed by atoms with van der Waals surface area (Å²) in [5.41, 5.74) is 0.416. The van der Waals surface area contributed by atoms with Gasteiger partial charge in [-0.3, -0.25) is 9.69 Å². The molecule has 1 aliphatic heterocycles. The Kier molecular flexibility index (Phi) is 8.67. The predicted octanol–water partition coefficient (Wildman–Crippen LogP) is 0.721. The minimum atomic E-state index is -3.66. The van der Waals surface area contributed by atoms with Crippen molar-refractivity contribution in [2.24, 2.45) is 0 Å². The van der Waals surface area contributed by atoms with Crippen molar-refractivity contribution in [3.05, 3.63) is 29.8 Å². The van der Waals surface area contributed by atoms with Gasteiger partial charge in [0.15, 0.2) is 0 Å². The second-order valence-electron chi connectivity index (χ2n) is 6.25. The summed E-state index contributed by atoms with van der Waals surface area (Å²) in [7, 11) is -3.66. The van der Waals surface area contributed by atoms with Crippen LogP contribution < -0.4 is 10.0 Å². The van der Waals surface area contributed by atoms with Crippen LogP contribution in [0.3, 0.4) is 0 Å². The molecule has 1 fully saturated rings. The Balaban J connectivity index is 1.72. The summed E-state index contributed by atoms with van der Waals surface area (Å²) in [4.78, 5) is 14.6. The third-order valence-corrected chi connectivity index (χ3v) is 5.72. The maximum absolute atomic E-state index is 12.1. The van der Waals surface area contributed by atoms with Gasteiger partial charge in [0, 0.05) is 38.2 Å². The highest BCUT2D eigenvalue weighted by Gasteiger charge is 2.14. The molecule has 1 amide bonds. The van der Waals surface area contributed by atoms with E-state index in [2.05, 4.69) is 14.9 Å². The molecular formula is C18H26N4O4S. The fourth-order valence-corrected chi connectivity index (χ4v) is 3.73. The van der Waals surface area contributed by atoms with Crippen molar-refractivity contribution in [3.63, 3.8) is 0 Å². The molecule has 0 radical (unpaired) electrons. The average Bonchev–Trinajstić information content (AvgIpc) is 2.68. The number of carbonyl (C=O) groups excluding carboxylic acids is 1. The summed E-state index contributed by atoms with van der Waals surface area (Å²) < 4.78 is 31.7. The number of ether oxygens (including phenoxy) is 1. The minimum Gasteiger partial charge on any atom is -0.379 e. The molecule has 0 atom stereocenters. The molecular weight excluding hydrogens is 368 g/mol. The Morgan fingerprint density at radius 3 is 2.52 bits per heavy atom. The molecule has 148 valence electrons. The first kappa shape index (κ1) is 21.3. The number of morpholine rings is 1. The topological polar surface area (TPSA) is 112 Å². The standard InChI is InChI=1S/C18H26N4O4S/c19-8-3-10-21-27(24,25)17-6-4-16(5-7-17)18(23)20-9-1-2-11-22-12-14-26-15-13-22/h4-7,21H,1-3,9-15H2,(H,20,23). The third kappa shape index (κ3) is 7.27. The maximum Gasteiger partial charge on any atom is 0.251 e. The zero-order chi connectivity index (χ0) is 19.5. The fraction of sp³-hybridized carbons (Fsp3) is 0.556. The van der Waals surface area contributed by atoms with Crippen LogP contribution in [-0.4, -0.2) is 65.2 Å². The number of unbranched alkanes of at least 4 members (excludes halogenated alkanes) is 1. The van der Waals surface area contributed by atoms with Gasteiger partial charge < -0.3 is 10.1 Å². The maximum atomic E-state index is 12.1. The zero-order valence-electron chi connectivity index (χ0n) is 15.3. The van der Waals surface area contributed by atoms with Gasteiger partial charge >= 0.3 is 0 Å². The lowest BCUT2D eigenvalue weighted by Gasteiger charge is -2.26. The van der Waals surface area contributed by atoms with E-state index in [1.165, 1.54) is 24.3 Å². The quantitative estimate of drug-likeness (QED) is 0.566. The van der Waals surface area contributed by atoms with E-state index in [1.807, 2.05) is 6.07 Å². The number of hydrogen-bond donors (Lipinski definition) is 2. The Bertz CT molecular complexity index is 738. The second-order valence-corrected chi connectivity index (χ2v) is 8.01. The first-order chi connectivity index (χ1) is 13.0. The number of carbonyl (C=O) groups is 1. The van der Waals surface area contributed by atoms with E-state index in [4.69, 9.17) is 10.00 Å². The monoisotopic (exact) mass is 394 g/mol. The van der Waals surface area contributed by atoms with Crippen LogP contribution in [0, 0.1) is 11.3 Å². The van der Waals surface area contributed by atoms with Crippen molar-refractivity contribution < 1.29 is 17.9 Å². The van der Waals surface area contributed by atoms with Gasteiger partial charge in [-0.1, -0.05) is 0 Å². The van der Waals surface area contributed by atoms with E-state index < -0.39 is 10.0 Å². The van der Waals surface area contributed by atoms with Crippen LogP contribution in [0.15, 0.2) is 29.2 Å². The van der Waals surface area contributed by atoms with Gasteiger partial charge in [0.2, 0.25) is 10.0 Å². The molecule has 0 bridgehead atoms. The third-order valence-electron chi connectivity index (χ3n) is 4.25. The Morgan fingerprint density at radius 1 is 1.15 bits per heavy atom. The first-order valence-corrected chi connectivity index (χ1v) is 10.6. The molecule has 0 saturated carbocycles. The second kappa shape index (κ2) is 11.0. The van der Waals surface area contributed by atoms with E-state index in [1.54, 1.807) is 0 Å². The first-order valence-electron chi connectivity index (χ1n) is 9.08. The number of nitriles is 1. The fourth-order valence-electron chi connectivity index (χ4n) is 2.70. The molecule has 1 aromatic carbocycles. The molecule has 1 aliphatic rings. The van der Waals surface area contributed by atoms with Gasteiger partial charge in [0.25, 0.3) is 5.91 Å². The number of sulfonamides is 1. The molecule has 0 aliphatic carbocycles. The average molecular weight is 394 g/mol. The summed E-state index contributed by atoms with van der Waals surface area (Å²) in [6, 6.07) is 7.63. The highest BCUT2D eigenvalue weighted by Crippen LogP contribution is 2.10. The van der Waals surface area contributed by atoms with Crippen molar-refractivity contribution in [3.8, 4) is 6.07 Å². The minimum absolute atomic E-state index is 0.0610. The van der Waals surface area contributed by atoms with Gasteiger partial charge in [0.1, 0.15) is 0 Å². The highest BCUT2D eigenvalue weighted by molar-refractivity contribution is 7.89. The molecule has 1 saturated heterocycles. The van der Waals surface area contributed by atoms with E-state index in [0.29, 0.717) is 12.1 Å². The highest BCUT2D eigenvalue weighted by atomic mass is 32.2. The summed E-state index contributed by atoms with van der Waals surface area (Å²) in [6.07, 6.45) is 2.00. The molecule has 2 rings (SSSR count). The molecule has 27 heavy (non-hydrogen) atoms. The lowest BCUT2D eigenvalue weighted by Crippen LogP contribution is -2.37. The molecule has 8 nitrogen and oxygen atoms in total. The largest absolute Gasteiger partial charge is 0.379 e. The Hall–Kier alpha value is -1.99. The van der Waals surface area contributed by atoms with Crippen molar-refractivity contribution in [1.29, 1.82) is 5.26 Å². The Morgan fingerprint density at radius 2 is 1.85 bits per heavy atom. The summed E-state index contributed by atoms with van der Waals surface area (Å²) >= 11 is 0. The number of nitrogens with zero attached hydrogens (tertiary/aromatic N) is 2. The normalized spacial score (nSPS) is 15.2. The van der Waals surface area contributed by atoms with Gasteiger partial charge in [-0.2, -0.15) is 5.26 Å². The van der Waals surface area contributed by atoms with Crippen LogP contribution in [0.4, 0.5) is 0 Å². The predicted molar refractivity (Wildman–Crippen MR) is 101 cm³/mol. The van der Waals surface area contributed by atoms with Gasteiger partial charge in [-0.15, -0.1) is 0 Å². The SMILES string of the molecule is N#CCCNS(=O)(=O)c1ccc(C(=O)NCCCCN2CCOCC2)cc1. The Labute approximate surface area is 160 Å². The van der Waals surface area contributed by atoms with Crippen molar-refractivity contribution in [2.75, 3.05) is 45.9 Å². The van der Waals surface area contributed by atoms with E-state index >= 15 is 0 Å². The number of nitrogens with one attached hydrogen (secondary N) is 2. The molecule has 0 unspecified atom stereocenters. The lowest BCUT2D eigenvalue weighted by atomic mass is 10.2. The number of amides is 1. The molecule has 1 aromatic rings.